The Morgan fingerprint density at radius 1 is 1.18 bits per heavy atom. The highest BCUT2D eigenvalue weighted by Gasteiger charge is 2.19. The number of thiophene rings is 1. The summed E-state index contributed by atoms with van der Waals surface area (Å²) in [4.78, 5) is 17.1. The van der Waals surface area contributed by atoms with Crippen LogP contribution in [0.3, 0.4) is 0 Å². The number of carbonyl (C=O) groups is 1. The van der Waals surface area contributed by atoms with E-state index < -0.39 is 0 Å². The van der Waals surface area contributed by atoms with Gasteiger partial charge in [-0.2, -0.15) is 0 Å². The average Bonchev–Trinajstić information content (AvgIpc) is 2.89. The standard InChI is InChI=1S/C17H22N2OS.ClH/c1-12(2)19(11-16-9-4-13(3)21-16)17(20)15-7-5-14(10-18)6-8-15;/h4-9,12H,10-11,18H2,1-3H3;1H. The third-order valence-electron chi connectivity index (χ3n) is 3.44. The van der Waals surface area contributed by atoms with Gasteiger partial charge in [0, 0.05) is 27.9 Å². The van der Waals surface area contributed by atoms with Crippen LogP contribution in [0.25, 0.3) is 0 Å². The Labute approximate surface area is 142 Å². The summed E-state index contributed by atoms with van der Waals surface area (Å²) in [7, 11) is 0. The predicted octanol–water partition coefficient (Wildman–Crippen LogP) is 3.99. The Hall–Kier alpha value is -1.36. The zero-order chi connectivity index (χ0) is 15.4. The first kappa shape index (κ1) is 18.7. The lowest BCUT2D eigenvalue weighted by atomic mass is 10.1. The maximum absolute atomic E-state index is 12.7. The van der Waals surface area contributed by atoms with Crippen molar-refractivity contribution in [1.82, 2.24) is 4.90 Å². The van der Waals surface area contributed by atoms with Crippen LogP contribution < -0.4 is 5.73 Å². The van der Waals surface area contributed by atoms with Crippen molar-refractivity contribution >= 4 is 29.7 Å². The lowest BCUT2D eigenvalue weighted by molar-refractivity contribution is 0.0692. The van der Waals surface area contributed by atoms with Crippen molar-refractivity contribution < 1.29 is 4.79 Å². The van der Waals surface area contributed by atoms with Crippen LogP contribution in [0.15, 0.2) is 36.4 Å². The number of hydrogen-bond acceptors (Lipinski definition) is 3. The summed E-state index contributed by atoms with van der Waals surface area (Å²) in [5, 5.41) is 0. The van der Waals surface area contributed by atoms with E-state index in [0.29, 0.717) is 18.7 Å². The normalized spacial score (nSPS) is 10.4. The number of carbonyl (C=O) groups excluding carboxylic acids is 1. The van der Waals surface area contributed by atoms with Crippen LogP contribution in [-0.4, -0.2) is 16.8 Å². The Morgan fingerprint density at radius 2 is 1.82 bits per heavy atom. The van der Waals surface area contributed by atoms with Gasteiger partial charge in [0.1, 0.15) is 0 Å². The first-order valence-electron chi connectivity index (χ1n) is 7.16. The van der Waals surface area contributed by atoms with Crippen molar-refractivity contribution in [2.75, 3.05) is 0 Å². The molecule has 5 heteroatoms. The maximum Gasteiger partial charge on any atom is 0.254 e. The minimum absolute atomic E-state index is 0. The number of nitrogens with zero attached hydrogens (tertiary/aromatic N) is 1. The topological polar surface area (TPSA) is 46.3 Å². The van der Waals surface area contributed by atoms with Crippen LogP contribution in [0.2, 0.25) is 0 Å². The Kier molecular flexibility index (Phi) is 7.07. The number of amides is 1. The van der Waals surface area contributed by atoms with E-state index >= 15 is 0 Å². The minimum Gasteiger partial charge on any atom is -0.331 e. The van der Waals surface area contributed by atoms with Gasteiger partial charge in [0.05, 0.1) is 6.54 Å². The molecular weight excluding hydrogens is 316 g/mol. The first-order chi connectivity index (χ1) is 10.0. The Bertz CT molecular complexity index is 607. The molecule has 0 saturated heterocycles. The van der Waals surface area contributed by atoms with Crippen LogP contribution in [-0.2, 0) is 13.1 Å². The highest BCUT2D eigenvalue weighted by atomic mass is 35.5. The summed E-state index contributed by atoms with van der Waals surface area (Å²) in [5.41, 5.74) is 7.35. The Balaban J connectivity index is 0.00000242. The molecule has 0 radical (unpaired) electrons. The molecule has 2 aromatic rings. The molecule has 1 aromatic heterocycles. The van der Waals surface area contributed by atoms with Gasteiger partial charge in [-0.15, -0.1) is 23.7 Å². The highest BCUT2D eigenvalue weighted by Crippen LogP contribution is 2.20. The smallest absolute Gasteiger partial charge is 0.254 e. The van der Waals surface area contributed by atoms with E-state index in [-0.39, 0.29) is 24.4 Å². The summed E-state index contributed by atoms with van der Waals surface area (Å²) in [6.07, 6.45) is 0. The largest absolute Gasteiger partial charge is 0.331 e. The van der Waals surface area contributed by atoms with Crippen LogP contribution in [0, 0.1) is 6.92 Å². The van der Waals surface area contributed by atoms with Crippen molar-refractivity contribution in [3.05, 3.63) is 57.3 Å². The van der Waals surface area contributed by atoms with Crippen molar-refractivity contribution in [3.63, 3.8) is 0 Å². The van der Waals surface area contributed by atoms with E-state index in [9.17, 15) is 4.79 Å². The zero-order valence-corrected chi connectivity index (χ0v) is 14.8. The van der Waals surface area contributed by atoms with E-state index in [1.54, 1.807) is 11.3 Å². The van der Waals surface area contributed by atoms with E-state index in [0.717, 1.165) is 5.56 Å². The van der Waals surface area contributed by atoms with E-state index in [1.807, 2.05) is 43.0 Å². The molecule has 120 valence electrons. The molecule has 0 aliphatic carbocycles. The number of nitrogens with two attached hydrogens (primary N) is 1. The van der Waals surface area contributed by atoms with Crippen molar-refractivity contribution in [2.45, 2.75) is 39.9 Å². The van der Waals surface area contributed by atoms with Gasteiger partial charge in [0.15, 0.2) is 0 Å². The summed E-state index contributed by atoms with van der Waals surface area (Å²) in [6.45, 7) is 7.34. The molecule has 3 nitrogen and oxygen atoms in total. The molecule has 0 bridgehead atoms. The third kappa shape index (κ3) is 4.57. The molecule has 2 rings (SSSR count). The average molecular weight is 339 g/mol. The molecule has 0 fully saturated rings. The van der Waals surface area contributed by atoms with Gasteiger partial charge >= 0.3 is 0 Å². The fourth-order valence-electron chi connectivity index (χ4n) is 2.18. The second kappa shape index (κ2) is 8.32. The summed E-state index contributed by atoms with van der Waals surface area (Å²) in [6, 6.07) is 11.9. The molecular formula is C17H23ClN2OS. The fraction of sp³-hybridized carbons (Fsp3) is 0.353. The first-order valence-corrected chi connectivity index (χ1v) is 7.98. The number of halogens is 1. The van der Waals surface area contributed by atoms with Crippen LogP contribution >= 0.6 is 23.7 Å². The molecule has 0 aliphatic rings. The highest BCUT2D eigenvalue weighted by molar-refractivity contribution is 7.11. The lowest BCUT2D eigenvalue weighted by Gasteiger charge is -2.26. The molecule has 1 heterocycles. The van der Waals surface area contributed by atoms with E-state index in [2.05, 4.69) is 19.1 Å². The van der Waals surface area contributed by atoms with Gasteiger partial charge in [-0.1, -0.05) is 12.1 Å². The monoisotopic (exact) mass is 338 g/mol. The molecule has 2 N–H and O–H groups in total. The second-order valence-corrected chi connectivity index (χ2v) is 6.81. The zero-order valence-electron chi connectivity index (χ0n) is 13.2. The fourth-order valence-corrected chi connectivity index (χ4v) is 3.07. The summed E-state index contributed by atoms with van der Waals surface area (Å²) in [5.74, 6) is 0.0691. The van der Waals surface area contributed by atoms with Gasteiger partial charge in [-0.25, -0.2) is 0 Å². The number of benzene rings is 1. The molecule has 22 heavy (non-hydrogen) atoms. The molecule has 0 unspecified atom stereocenters. The SMILES string of the molecule is Cc1ccc(CN(C(=O)c2ccc(CN)cc2)C(C)C)s1.Cl. The van der Waals surface area contributed by atoms with E-state index in [4.69, 9.17) is 5.73 Å². The lowest BCUT2D eigenvalue weighted by Crippen LogP contribution is -2.36. The van der Waals surface area contributed by atoms with E-state index in [1.165, 1.54) is 9.75 Å². The Morgan fingerprint density at radius 3 is 2.27 bits per heavy atom. The van der Waals surface area contributed by atoms with Gasteiger partial charge in [-0.05, 0) is 50.6 Å². The van der Waals surface area contributed by atoms with Crippen molar-refractivity contribution in [2.24, 2.45) is 5.73 Å². The predicted molar refractivity (Wildman–Crippen MR) is 95.6 cm³/mol. The third-order valence-corrected chi connectivity index (χ3v) is 4.43. The molecule has 0 saturated carbocycles. The summed E-state index contributed by atoms with van der Waals surface area (Å²) < 4.78 is 0. The molecule has 1 amide bonds. The summed E-state index contributed by atoms with van der Waals surface area (Å²) >= 11 is 1.74. The van der Waals surface area contributed by atoms with Crippen LogP contribution in [0.4, 0.5) is 0 Å². The van der Waals surface area contributed by atoms with Crippen LogP contribution in [0.5, 0.6) is 0 Å². The number of aryl methyl sites for hydroxylation is 1. The van der Waals surface area contributed by atoms with Crippen molar-refractivity contribution in [3.8, 4) is 0 Å². The van der Waals surface area contributed by atoms with Gasteiger partial charge in [0.2, 0.25) is 0 Å². The number of hydrogen-bond donors (Lipinski definition) is 1. The quantitative estimate of drug-likeness (QED) is 0.896. The molecule has 0 aliphatic heterocycles. The van der Waals surface area contributed by atoms with Gasteiger partial charge < -0.3 is 10.6 Å². The van der Waals surface area contributed by atoms with Crippen molar-refractivity contribution in [1.29, 1.82) is 0 Å². The second-order valence-electron chi connectivity index (χ2n) is 5.44. The molecule has 0 spiro atoms. The molecule has 1 aromatic carbocycles. The minimum atomic E-state index is 0. The maximum atomic E-state index is 12.7. The van der Waals surface area contributed by atoms with Gasteiger partial charge in [-0.3, -0.25) is 4.79 Å². The number of rotatable bonds is 5. The molecule has 0 atom stereocenters. The van der Waals surface area contributed by atoms with Gasteiger partial charge in [0.25, 0.3) is 5.91 Å². The van der Waals surface area contributed by atoms with Crippen LogP contribution in [0.1, 0.15) is 39.5 Å².